The Morgan fingerprint density at radius 3 is 1.23 bits per heavy atom. The molecule has 0 saturated carbocycles. The number of ether oxygens (including phenoxy) is 2. The normalized spacial score (nSPS) is 18.1. The van der Waals surface area contributed by atoms with E-state index in [1.54, 1.807) is 0 Å². The van der Waals surface area contributed by atoms with Crippen LogP contribution in [0.25, 0.3) is 0 Å². The van der Waals surface area contributed by atoms with Gasteiger partial charge >= 0.3 is 0 Å². The van der Waals surface area contributed by atoms with Crippen LogP contribution in [0.4, 0.5) is 0 Å². The van der Waals surface area contributed by atoms with Crippen LogP contribution in [0, 0.1) is 11.8 Å². The van der Waals surface area contributed by atoms with E-state index < -0.39 is 0 Å². The van der Waals surface area contributed by atoms with Gasteiger partial charge in [-0.3, -0.25) is 9.59 Å². The molecule has 6 nitrogen and oxygen atoms in total. The lowest BCUT2D eigenvalue weighted by Crippen LogP contribution is -2.37. The average molecular weight is 605 g/mol. The summed E-state index contributed by atoms with van der Waals surface area (Å²) < 4.78 is 11.5. The molecule has 44 heavy (non-hydrogen) atoms. The van der Waals surface area contributed by atoms with Gasteiger partial charge in [0.1, 0.15) is 11.5 Å². The maximum Gasteiger partial charge on any atom is 0.167 e. The lowest BCUT2D eigenvalue weighted by Gasteiger charge is -2.29. The molecule has 2 aliphatic heterocycles. The fraction of sp³-hybridized carbons (Fsp3) is 0.632. The lowest BCUT2D eigenvalue weighted by molar-refractivity contribution is 0.0810. The summed E-state index contributed by atoms with van der Waals surface area (Å²) in [5, 5.41) is 0. The number of carbonyl (C=O) groups excluding carboxylic acids is 2. The number of benzene rings is 2. The molecule has 2 heterocycles. The van der Waals surface area contributed by atoms with Crippen LogP contribution in [0.5, 0.6) is 11.5 Å². The molecule has 0 spiro atoms. The molecule has 0 radical (unpaired) electrons. The lowest BCUT2D eigenvalue weighted by atomic mass is 9.86. The van der Waals surface area contributed by atoms with Crippen molar-refractivity contribution in [2.45, 2.75) is 90.9 Å². The largest absolute Gasteiger partial charge is 0.494 e. The SMILES string of the molecule is CCCOc1ccc(C(=O)[C@H](CC[C@@H](CN2CCCCCC2)C(=O)c2ccc(OCCC)cc2)CN2CCCCCC2)cc1. The van der Waals surface area contributed by atoms with E-state index in [4.69, 9.17) is 9.47 Å². The molecular formula is C38H56N2O4. The highest BCUT2D eigenvalue weighted by molar-refractivity contribution is 5.99. The van der Waals surface area contributed by atoms with Gasteiger partial charge in [0, 0.05) is 36.1 Å². The first-order valence-electron chi connectivity index (χ1n) is 17.6. The molecule has 0 N–H and O–H groups in total. The van der Waals surface area contributed by atoms with Gasteiger partial charge in [0.15, 0.2) is 11.6 Å². The smallest absolute Gasteiger partial charge is 0.167 e. The first-order chi connectivity index (χ1) is 21.6. The summed E-state index contributed by atoms with van der Waals surface area (Å²) in [6, 6.07) is 15.4. The van der Waals surface area contributed by atoms with Gasteiger partial charge in [-0.15, -0.1) is 0 Å². The quantitative estimate of drug-likeness (QED) is 0.170. The van der Waals surface area contributed by atoms with Crippen LogP contribution >= 0.6 is 0 Å². The standard InChI is InChI=1S/C38H56N2O4/c1-3-27-43-35-19-15-31(16-20-35)37(41)33(29-39-23-9-5-6-10-24-39)13-14-34(30-40-25-11-7-8-12-26-40)38(42)32-17-21-36(22-18-32)44-28-4-2/h15-22,33-34H,3-14,23-30H2,1-2H3/t33-,34+. The third kappa shape index (κ3) is 11.0. The monoisotopic (exact) mass is 604 g/mol. The Morgan fingerprint density at radius 1 is 0.568 bits per heavy atom. The van der Waals surface area contributed by atoms with Crippen molar-refractivity contribution in [1.82, 2.24) is 9.80 Å². The van der Waals surface area contributed by atoms with Gasteiger partial charge in [-0.25, -0.2) is 0 Å². The van der Waals surface area contributed by atoms with Gasteiger partial charge in [0.2, 0.25) is 0 Å². The molecule has 242 valence electrons. The Balaban J connectivity index is 1.52. The molecule has 4 rings (SSSR count). The topological polar surface area (TPSA) is 59.1 Å². The van der Waals surface area contributed by atoms with E-state index in [2.05, 4.69) is 23.6 Å². The number of hydrogen-bond donors (Lipinski definition) is 0. The molecular weight excluding hydrogens is 548 g/mol. The van der Waals surface area contributed by atoms with Gasteiger partial charge in [-0.2, -0.15) is 0 Å². The summed E-state index contributed by atoms with van der Waals surface area (Å²) in [6.45, 7) is 11.3. The van der Waals surface area contributed by atoms with E-state index in [1.807, 2.05) is 48.5 Å². The zero-order valence-electron chi connectivity index (χ0n) is 27.4. The van der Waals surface area contributed by atoms with Crippen molar-refractivity contribution >= 4 is 11.6 Å². The summed E-state index contributed by atoms with van der Waals surface area (Å²) >= 11 is 0. The summed E-state index contributed by atoms with van der Waals surface area (Å²) in [5.74, 6) is 1.72. The van der Waals surface area contributed by atoms with Crippen LogP contribution in [0.15, 0.2) is 48.5 Å². The van der Waals surface area contributed by atoms with E-state index in [0.29, 0.717) is 26.1 Å². The summed E-state index contributed by atoms with van der Waals surface area (Å²) in [4.78, 5) is 33.1. The number of likely N-dealkylation sites (tertiary alicyclic amines) is 2. The van der Waals surface area contributed by atoms with Gasteiger partial charge < -0.3 is 19.3 Å². The van der Waals surface area contributed by atoms with E-state index in [-0.39, 0.29) is 23.4 Å². The fourth-order valence-corrected chi connectivity index (χ4v) is 6.62. The van der Waals surface area contributed by atoms with Crippen molar-refractivity contribution in [3.05, 3.63) is 59.7 Å². The molecule has 2 fully saturated rings. The third-order valence-corrected chi connectivity index (χ3v) is 9.18. The van der Waals surface area contributed by atoms with Crippen LogP contribution in [0.3, 0.4) is 0 Å². The number of ketones is 2. The second kappa shape index (κ2) is 19.0. The number of hydrogen-bond acceptors (Lipinski definition) is 6. The van der Waals surface area contributed by atoms with Crippen LogP contribution in [0.1, 0.15) is 112 Å². The summed E-state index contributed by atoms with van der Waals surface area (Å²) in [7, 11) is 0. The highest BCUT2D eigenvalue weighted by Gasteiger charge is 2.29. The Hall–Kier alpha value is -2.70. The molecule has 2 saturated heterocycles. The Kier molecular flexibility index (Phi) is 14.7. The maximum atomic E-state index is 14.1. The first kappa shape index (κ1) is 34.2. The predicted octanol–water partition coefficient (Wildman–Crippen LogP) is 8.09. The van der Waals surface area contributed by atoms with Gasteiger partial charge in [-0.1, -0.05) is 39.5 Å². The van der Waals surface area contributed by atoms with Crippen molar-refractivity contribution in [3.8, 4) is 11.5 Å². The zero-order valence-corrected chi connectivity index (χ0v) is 27.4. The van der Waals surface area contributed by atoms with Crippen molar-refractivity contribution in [3.63, 3.8) is 0 Å². The van der Waals surface area contributed by atoms with E-state index in [1.165, 1.54) is 51.4 Å². The van der Waals surface area contributed by atoms with Crippen molar-refractivity contribution in [2.24, 2.45) is 11.8 Å². The van der Waals surface area contributed by atoms with E-state index in [9.17, 15) is 9.59 Å². The van der Waals surface area contributed by atoms with E-state index in [0.717, 1.165) is 74.7 Å². The minimum absolute atomic E-state index is 0.139. The van der Waals surface area contributed by atoms with Gasteiger partial charge in [0.25, 0.3) is 0 Å². The minimum Gasteiger partial charge on any atom is -0.494 e. The Bertz CT molecular complexity index is 1010. The highest BCUT2D eigenvalue weighted by Crippen LogP contribution is 2.26. The number of carbonyl (C=O) groups is 2. The zero-order chi connectivity index (χ0) is 31.0. The molecule has 0 unspecified atom stereocenters. The Morgan fingerprint density at radius 2 is 0.909 bits per heavy atom. The van der Waals surface area contributed by atoms with Crippen LogP contribution in [-0.2, 0) is 0 Å². The average Bonchev–Trinajstić information content (AvgIpc) is 3.49. The maximum absolute atomic E-state index is 14.1. The molecule has 0 aliphatic carbocycles. The third-order valence-electron chi connectivity index (χ3n) is 9.18. The van der Waals surface area contributed by atoms with Crippen molar-refractivity contribution in [2.75, 3.05) is 52.5 Å². The molecule has 2 aliphatic rings. The minimum atomic E-state index is -0.139. The molecule has 0 bridgehead atoms. The number of Topliss-reactive ketones (excluding diaryl/α,β-unsaturated/α-hetero) is 2. The molecule has 2 aromatic carbocycles. The number of rotatable bonds is 17. The van der Waals surface area contributed by atoms with Crippen LogP contribution < -0.4 is 9.47 Å². The number of nitrogens with zero attached hydrogens (tertiary/aromatic N) is 2. The molecule has 2 aromatic rings. The van der Waals surface area contributed by atoms with Crippen LogP contribution in [0.2, 0.25) is 0 Å². The molecule has 2 atom stereocenters. The molecule has 0 amide bonds. The van der Waals surface area contributed by atoms with Crippen LogP contribution in [-0.4, -0.2) is 73.8 Å². The summed E-state index contributed by atoms with van der Waals surface area (Å²) in [6.07, 6.45) is 13.2. The fourth-order valence-electron chi connectivity index (χ4n) is 6.62. The summed E-state index contributed by atoms with van der Waals surface area (Å²) in [5.41, 5.74) is 1.48. The van der Waals surface area contributed by atoms with Crippen molar-refractivity contribution in [1.29, 1.82) is 0 Å². The predicted molar refractivity (Wildman–Crippen MR) is 179 cm³/mol. The second-order valence-corrected chi connectivity index (χ2v) is 12.9. The molecule has 6 heteroatoms. The second-order valence-electron chi connectivity index (χ2n) is 12.9. The van der Waals surface area contributed by atoms with Gasteiger partial charge in [-0.05, 0) is 126 Å². The van der Waals surface area contributed by atoms with E-state index >= 15 is 0 Å². The molecule has 0 aromatic heterocycles. The Labute approximate surface area is 266 Å². The van der Waals surface area contributed by atoms with Crippen molar-refractivity contribution < 1.29 is 19.1 Å². The highest BCUT2D eigenvalue weighted by atomic mass is 16.5. The first-order valence-corrected chi connectivity index (χ1v) is 17.6. The van der Waals surface area contributed by atoms with Gasteiger partial charge in [0.05, 0.1) is 13.2 Å².